The maximum Gasteiger partial charge on any atom is 0.410 e. The first-order chi connectivity index (χ1) is 12.3. The zero-order valence-corrected chi connectivity index (χ0v) is 14.2. The van der Waals surface area contributed by atoms with Crippen LogP contribution in [-0.4, -0.2) is 54.3 Å². The summed E-state index contributed by atoms with van der Waals surface area (Å²) in [5, 5.41) is 9.14. The highest BCUT2D eigenvalue weighted by Crippen LogP contribution is 2.21. The van der Waals surface area contributed by atoms with Crippen molar-refractivity contribution < 1.29 is 9.53 Å². The van der Waals surface area contributed by atoms with Crippen molar-refractivity contribution in [1.82, 2.24) is 9.80 Å². The molecule has 2 aliphatic heterocycles. The molecule has 1 amide bonds. The number of benzene rings is 1. The van der Waals surface area contributed by atoms with Crippen molar-refractivity contribution in [3.05, 3.63) is 47.7 Å². The van der Waals surface area contributed by atoms with E-state index in [1.807, 2.05) is 42.6 Å². The lowest BCUT2D eigenvalue weighted by Gasteiger charge is -2.42. The normalized spacial score (nSPS) is 20.0. The first-order valence-electron chi connectivity index (χ1n) is 8.56. The van der Waals surface area contributed by atoms with Crippen molar-refractivity contribution in [2.45, 2.75) is 25.5 Å². The molecule has 0 spiro atoms. The Balaban J connectivity index is 1.60. The van der Waals surface area contributed by atoms with E-state index < -0.39 is 0 Å². The molecule has 1 saturated heterocycles. The number of aliphatic imine (C=N–C) groups is 1. The van der Waals surface area contributed by atoms with Crippen molar-refractivity contribution >= 4 is 12.3 Å². The van der Waals surface area contributed by atoms with Crippen LogP contribution in [0.4, 0.5) is 4.79 Å². The Bertz CT molecular complexity index is 693. The molecule has 0 aliphatic carbocycles. The van der Waals surface area contributed by atoms with Crippen LogP contribution in [0.3, 0.4) is 0 Å². The number of hydrogen-bond acceptors (Lipinski definition) is 5. The van der Waals surface area contributed by atoms with Crippen LogP contribution in [0.15, 0.2) is 47.1 Å². The van der Waals surface area contributed by atoms with Crippen LogP contribution in [0.25, 0.3) is 0 Å². The fraction of sp³-hybridized carbons (Fsp3) is 0.421. The molecule has 130 valence electrons. The van der Waals surface area contributed by atoms with Gasteiger partial charge in [0.1, 0.15) is 6.61 Å². The van der Waals surface area contributed by atoms with Crippen molar-refractivity contribution in [1.29, 1.82) is 5.26 Å². The summed E-state index contributed by atoms with van der Waals surface area (Å²) >= 11 is 0. The Labute approximate surface area is 148 Å². The minimum Gasteiger partial charge on any atom is -0.445 e. The largest absolute Gasteiger partial charge is 0.445 e. The van der Waals surface area contributed by atoms with Crippen molar-refractivity contribution in [3.63, 3.8) is 0 Å². The van der Waals surface area contributed by atoms with E-state index in [-0.39, 0.29) is 18.7 Å². The molecular weight excluding hydrogens is 316 g/mol. The molecule has 6 heteroatoms. The number of allylic oxidation sites excluding steroid dienone is 1. The van der Waals surface area contributed by atoms with Crippen LogP contribution >= 0.6 is 0 Å². The predicted octanol–water partition coefficient (Wildman–Crippen LogP) is 2.58. The van der Waals surface area contributed by atoms with E-state index in [2.05, 4.69) is 16.0 Å². The van der Waals surface area contributed by atoms with Gasteiger partial charge in [0.25, 0.3) is 0 Å². The zero-order valence-electron chi connectivity index (χ0n) is 14.2. The molecule has 1 fully saturated rings. The Kier molecular flexibility index (Phi) is 5.68. The van der Waals surface area contributed by atoms with Gasteiger partial charge in [0, 0.05) is 44.5 Å². The van der Waals surface area contributed by atoms with E-state index in [0.717, 1.165) is 25.1 Å². The van der Waals surface area contributed by atoms with Crippen molar-refractivity contribution in [3.8, 4) is 6.07 Å². The number of carbonyl (C=O) groups is 1. The Hall–Kier alpha value is -2.81. The topological polar surface area (TPSA) is 68.9 Å². The lowest BCUT2D eigenvalue weighted by Crippen LogP contribution is -2.54. The SMILES string of the molecule is N#CC[C@H]1CN(C2=CC=NCC2)CCN1C(=O)OCc1ccccc1. The van der Waals surface area contributed by atoms with Gasteiger partial charge in [-0.15, -0.1) is 0 Å². The summed E-state index contributed by atoms with van der Waals surface area (Å²) in [4.78, 5) is 20.6. The second-order valence-corrected chi connectivity index (χ2v) is 6.16. The molecule has 2 aliphatic rings. The highest BCUT2D eigenvalue weighted by Gasteiger charge is 2.32. The third kappa shape index (κ3) is 4.38. The molecule has 0 saturated carbocycles. The molecule has 0 aromatic heterocycles. The Morgan fingerprint density at radius 3 is 2.88 bits per heavy atom. The van der Waals surface area contributed by atoms with Gasteiger partial charge >= 0.3 is 6.09 Å². The molecule has 0 unspecified atom stereocenters. The highest BCUT2D eigenvalue weighted by atomic mass is 16.6. The summed E-state index contributed by atoms with van der Waals surface area (Å²) in [6.45, 7) is 3.03. The molecule has 3 rings (SSSR count). The average molecular weight is 338 g/mol. The molecule has 25 heavy (non-hydrogen) atoms. The average Bonchev–Trinajstić information content (AvgIpc) is 2.68. The molecule has 0 radical (unpaired) electrons. The Morgan fingerprint density at radius 2 is 2.16 bits per heavy atom. The summed E-state index contributed by atoms with van der Waals surface area (Å²) in [5.74, 6) is 0. The summed E-state index contributed by atoms with van der Waals surface area (Å²) in [6.07, 6.45) is 4.73. The number of carbonyl (C=O) groups excluding carboxylic acids is 1. The second-order valence-electron chi connectivity index (χ2n) is 6.16. The summed E-state index contributed by atoms with van der Waals surface area (Å²) in [7, 11) is 0. The van der Waals surface area contributed by atoms with Crippen LogP contribution < -0.4 is 0 Å². The van der Waals surface area contributed by atoms with Crippen molar-refractivity contribution in [2.24, 2.45) is 4.99 Å². The van der Waals surface area contributed by atoms with Crippen LogP contribution in [-0.2, 0) is 11.3 Å². The number of amides is 1. The van der Waals surface area contributed by atoms with Gasteiger partial charge in [-0.3, -0.25) is 4.99 Å². The van der Waals surface area contributed by atoms with Gasteiger partial charge in [0.05, 0.1) is 18.5 Å². The lowest BCUT2D eigenvalue weighted by atomic mass is 10.1. The van der Waals surface area contributed by atoms with E-state index >= 15 is 0 Å². The molecule has 1 aromatic carbocycles. The van der Waals surface area contributed by atoms with Crippen LogP contribution in [0.1, 0.15) is 18.4 Å². The number of nitrogens with zero attached hydrogens (tertiary/aromatic N) is 4. The minimum absolute atomic E-state index is 0.151. The third-order valence-corrected chi connectivity index (χ3v) is 4.52. The maximum atomic E-state index is 12.5. The molecule has 0 bridgehead atoms. The molecule has 0 N–H and O–H groups in total. The van der Waals surface area contributed by atoms with E-state index in [4.69, 9.17) is 10.00 Å². The first-order valence-corrected chi connectivity index (χ1v) is 8.56. The van der Waals surface area contributed by atoms with Gasteiger partial charge in [-0.05, 0) is 11.6 Å². The summed E-state index contributed by atoms with van der Waals surface area (Å²) in [6, 6.07) is 11.7. The standard InChI is InChI=1S/C19H22N4O2/c20-9-6-18-14-22(17-7-10-21-11-8-17)12-13-23(18)19(24)25-15-16-4-2-1-3-5-16/h1-5,7,10,18H,6,8,11-15H2/t18-/m0/s1. The summed E-state index contributed by atoms with van der Waals surface area (Å²) in [5.41, 5.74) is 2.19. The number of nitriles is 1. The number of ether oxygens (including phenoxy) is 1. The number of hydrogen-bond donors (Lipinski definition) is 0. The van der Waals surface area contributed by atoms with E-state index in [1.54, 1.807) is 4.90 Å². The predicted molar refractivity (Wildman–Crippen MR) is 95.0 cm³/mol. The van der Waals surface area contributed by atoms with E-state index in [9.17, 15) is 4.79 Å². The molecule has 2 heterocycles. The van der Waals surface area contributed by atoms with Crippen molar-refractivity contribution in [2.75, 3.05) is 26.2 Å². The second kappa shape index (κ2) is 8.34. The van der Waals surface area contributed by atoms with Crippen LogP contribution in [0.5, 0.6) is 0 Å². The lowest BCUT2D eigenvalue weighted by molar-refractivity contribution is 0.0516. The van der Waals surface area contributed by atoms with E-state index in [1.165, 1.54) is 5.70 Å². The zero-order chi connectivity index (χ0) is 17.5. The number of piperazine rings is 1. The monoisotopic (exact) mass is 338 g/mol. The Morgan fingerprint density at radius 1 is 1.32 bits per heavy atom. The quantitative estimate of drug-likeness (QED) is 0.846. The molecule has 1 atom stereocenters. The molecule has 1 aromatic rings. The van der Waals surface area contributed by atoms with Crippen LogP contribution in [0, 0.1) is 11.3 Å². The van der Waals surface area contributed by atoms with Gasteiger partial charge in [-0.1, -0.05) is 30.3 Å². The van der Waals surface area contributed by atoms with Gasteiger partial charge < -0.3 is 14.5 Å². The smallest absolute Gasteiger partial charge is 0.410 e. The number of dihydropyridines is 1. The van der Waals surface area contributed by atoms with Gasteiger partial charge in [-0.2, -0.15) is 5.26 Å². The van der Waals surface area contributed by atoms with Gasteiger partial charge in [0.15, 0.2) is 0 Å². The van der Waals surface area contributed by atoms with E-state index in [0.29, 0.717) is 19.5 Å². The fourth-order valence-corrected chi connectivity index (χ4v) is 3.18. The highest BCUT2D eigenvalue weighted by molar-refractivity contribution is 5.73. The first kappa shape index (κ1) is 17.0. The molecular formula is C19H22N4O2. The number of rotatable bonds is 4. The summed E-state index contributed by atoms with van der Waals surface area (Å²) < 4.78 is 5.45. The minimum atomic E-state index is -0.345. The van der Waals surface area contributed by atoms with Gasteiger partial charge in [-0.25, -0.2) is 4.79 Å². The maximum absolute atomic E-state index is 12.5. The van der Waals surface area contributed by atoms with Gasteiger partial charge in [0.2, 0.25) is 0 Å². The fourth-order valence-electron chi connectivity index (χ4n) is 3.18. The third-order valence-electron chi connectivity index (χ3n) is 4.52. The van der Waals surface area contributed by atoms with Crippen LogP contribution in [0.2, 0.25) is 0 Å². The molecule has 6 nitrogen and oxygen atoms in total.